The summed E-state index contributed by atoms with van der Waals surface area (Å²) in [5.41, 5.74) is 0. The summed E-state index contributed by atoms with van der Waals surface area (Å²) in [6, 6.07) is 3.15. The Morgan fingerprint density at radius 2 is 2.21 bits per heavy atom. The molecule has 0 aliphatic heterocycles. The summed E-state index contributed by atoms with van der Waals surface area (Å²) in [7, 11) is 0. The number of carbonyl (C=O) groups excluding carboxylic acids is 1. The van der Waals surface area contributed by atoms with Gasteiger partial charge in [0.2, 0.25) is 0 Å². The van der Waals surface area contributed by atoms with Gasteiger partial charge in [0.05, 0.1) is 9.21 Å². The number of carboxylic acids is 1. The van der Waals surface area contributed by atoms with Crippen LogP contribution in [0.15, 0.2) is 12.1 Å². The second-order valence-electron chi connectivity index (χ2n) is 2.77. The van der Waals surface area contributed by atoms with Crippen LogP contribution in [0.4, 0.5) is 0 Å². The number of Topliss-reactive ketones (excluding diaryl/α,β-unsaturated/α-hetero) is 1. The van der Waals surface area contributed by atoms with E-state index in [0.717, 1.165) is 11.3 Å². The van der Waals surface area contributed by atoms with Gasteiger partial charge in [-0.2, -0.15) is 0 Å². The molecule has 3 nitrogen and oxygen atoms in total. The van der Waals surface area contributed by atoms with E-state index in [-0.39, 0.29) is 5.78 Å². The molecule has 0 spiro atoms. The van der Waals surface area contributed by atoms with Gasteiger partial charge < -0.3 is 5.11 Å². The van der Waals surface area contributed by atoms with Crippen molar-refractivity contribution in [2.24, 2.45) is 5.92 Å². The fraction of sp³-hybridized carbons (Fsp3) is 0.333. The Labute approximate surface area is 90.3 Å². The van der Waals surface area contributed by atoms with E-state index in [1.54, 1.807) is 19.1 Å². The van der Waals surface area contributed by atoms with Crippen molar-refractivity contribution in [1.82, 2.24) is 0 Å². The predicted octanol–water partition coefficient (Wildman–Crippen LogP) is 2.70. The van der Waals surface area contributed by atoms with Crippen molar-refractivity contribution < 1.29 is 14.7 Å². The molecule has 0 amide bonds. The molecule has 0 bridgehead atoms. The zero-order valence-electron chi connectivity index (χ0n) is 7.49. The van der Waals surface area contributed by atoms with E-state index < -0.39 is 11.9 Å². The minimum absolute atomic E-state index is 0.295. The molecule has 1 heterocycles. The Morgan fingerprint density at radius 1 is 1.57 bits per heavy atom. The van der Waals surface area contributed by atoms with Crippen molar-refractivity contribution in [3.63, 3.8) is 0 Å². The summed E-state index contributed by atoms with van der Waals surface area (Å²) in [5, 5.41) is 8.76. The first kappa shape index (κ1) is 11.2. The van der Waals surface area contributed by atoms with E-state index in [2.05, 4.69) is 0 Å². The first-order chi connectivity index (χ1) is 6.56. The number of aliphatic carboxylic acids is 1. The number of carbonyl (C=O) groups is 2. The third kappa shape index (κ3) is 2.33. The van der Waals surface area contributed by atoms with Crippen LogP contribution in [0.25, 0.3) is 0 Å². The molecule has 14 heavy (non-hydrogen) atoms. The second kappa shape index (κ2) is 4.57. The molecular weight excluding hydrogens is 224 g/mol. The van der Waals surface area contributed by atoms with Crippen LogP contribution in [0.2, 0.25) is 4.34 Å². The molecule has 0 aromatic carbocycles. The monoisotopic (exact) mass is 232 g/mol. The molecule has 0 saturated heterocycles. The summed E-state index contributed by atoms with van der Waals surface area (Å²) >= 11 is 6.76. The molecule has 76 valence electrons. The molecule has 1 unspecified atom stereocenters. The van der Waals surface area contributed by atoms with E-state index in [0.29, 0.717) is 15.6 Å². The van der Waals surface area contributed by atoms with Gasteiger partial charge in [0.15, 0.2) is 5.78 Å². The quantitative estimate of drug-likeness (QED) is 0.642. The fourth-order valence-corrected chi connectivity index (χ4v) is 2.13. The molecule has 0 saturated carbocycles. The molecule has 0 aliphatic carbocycles. The number of ketones is 1. The number of rotatable bonds is 4. The van der Waals surface area contributed by atoms with Crippen LogP contribution in [-0.2, 0) is 4.79 Å². The number of hydrogen-bond donors (Lipinski definition) is 1. The highest BCUT2D eigenvalue weighted by Gasteiger charge is 2.26. The van der Waals surface area contributed by atoms with Crippen LogP contribution in [-0.4, -0.2) is 16.9 Å². The van der Waals surface area contributed by atoms with Crippen LogP contribution >= 0.6 is 22.9 Å². The van der Waals surface area contributed by atoms with Crippen molar-refractivity contribution >= 4 is 34.7 Å². The van der Waals surface area contributed by atoms with Gasteiger partial charge in [-0.05, 0) is 18.6 Å². The zero-order chi connectivity index (χ0) is 10.7. The molecule has 5 heteroatoms. The van der Waals surface area contributed by atoms with Crippen LogP contribution in [0.5, 0.6) is 0 Å². The zero-order valence-corrected chi connectivity index (χ0v) is 9.06. The Balaban J connectivity index is 2.88. The first-order valence-electron chi connectivity index (χ1n) is 4.08. The molecule has 1 atom stereocenters. The van der Waals surface area contributed by atoms with Crippen molar-refractivity contribution in [3.8, 4) is 0 Å². The largest absolute Gasteiger partial charge is 0.481 e. The molecule has 1 rings (SSSR count). The van der Waals surface area contributed by atoms with Crippen LogP contribution in [0.3, 0.4) is 0 Å². The lowest BCUT2D eigenvalue weighted by Crippen LogP contribution is -2.22. The van der Waals surface area contributed by atoms with E-state index in [1.165, 1.54) is 0 Å². The Hall–Kier alpha value is -0.870. The van der Waals surface area contributed by atoms with Crippen molar-refractivity contribution in [1.29, 1.82) is 0 Å². The molecule has 1 aromatic rings. The van der Waals surface area contributed by atoms with E-state index >= 15 is 0 Å². The Kier molecular flexibility index (Phi) is 3.66. The SMILES string of the molecule is CCC(C(=O)O)C(=O)c1ccc(Cl)s1. The maximum Gasteiger partial charge on any atom is 0.314 e. The van der Waals surface area contributed by atoms with Gasteiger partial charge in [0.25, 0.3) is 0 Å². The summed E-state index contributed by atoms with van der Waals surface area (Å²) in [5.74, 6) is -2.40. The number of halogens is 1. The Bertz CT molecular complexity index is 359. The minimum atomic E-state index is -1.08. The topological polar surface area (TPSA) is 54.4 Å². The molecule has 0 aliphatic rings. The highest BCUT2D eigenvalue weighted by Crippen LogP contribution is 2.24. The van der Waals surface area contributed by atoms with Crippen LogP contribution in [0.1, 0.15) is 23.0 Å². The van der Waals surface area contributed by atoms with Gasteiger partial charge in [-0.25, -0.2) is 0 Å². The maximum atomic E-state index is 11.6. The highest BCUT2D eigenvalue weighted by molar-refractivity contribution is 7.18. The molecule has 1 aromatic heterocycles. The molecule has 0 radical (unpaired) electrons. The van der Waals surface area contributed by atoms with E-state index in [9.17, 15) is 9.59 Å². The summed E-state index contributed by atoms with van der Waals surface area (Å²) < 4.78 is 0.494. The average molecular weight is 233 g/mol. The normalized spacial score (nSPS) is 12.4. The number of hydrogen-bond acceptors (Lipinski definition) is 3. The number of carboxylic acid groups (broad SMARTS) is 1. The summed E-state index contributed by atoms with van der Waals surface area (Å²) in [6.45, 7) is 1.67. The van der Waals surface area contributed by atoms with Crippen LogP contribution in [0, 0.1) is 5.92 Å². The van der Waals surface area contributed by atoms with Crippen molar-refractivity contribution in [3.05, 3.63) is 21.3 Å². The standard InChI is InChI=1S/C9H9ClO3S/c1-2-5(9(12)13)8(11)6-3-4-7(10)14-6/h3-5H,2H2,1H3,(H,12,13). The highest BCUT2D eigenvalue weighted by atomic mass is 35.5. The van der Waals surface area contributed by atoms with Gasteiger partial charge in [0.1, 0.15) is 5.92 Å². The Morgan fingerprint density at radius 3 is 2.57 bits per heavy atom. The summed E-state index contributed by atoms with van der Waals surface area (Å²) in [4.78, 5) is 22.7. The lowest BCUT2D eigenvalue weighted by Gasteiger charge is -2.05. The van der Waals surface area contributed by atoms with Crippen molar-refractivity contribution in [2.45, 2.75) is 13.3 Å². The lowest BCUT2D eigenvalue weighted by atomic mass is 10.0. The smallest absolute Gasteiger partial charge is 0.314 e. The first-order valence-corrected chi connectivity index (χ1v) is 5.28. The minimum Gasteiger partial charge on any atom is -0.481 e. The average Bonchev–Trinajstić information content (AvgIpc) is 2.52. The van der Waals surface area contributed by atoms with Crippen LogP contribution < -0.4 is 0 Å². The second-order valence-corrected chi connectivity index (χ2v) is 4.48. The predicted molar refractivity (Wildman–Crippen MR) is 55.1 cm³/mol. The lowest BCUT2D eigenvalue weighted by molar-refractivity contribution is -0.140. The molecular formula is C9H9ClO3S. The van der Waals surface area contributed by atoms with Gasteiger partial charge >= 0.3 is 5.97 Å². The van der Waals surface area contributed by atoms with E-state index in [4.69, 9.17) is 16.7 Å². The number of thiophene rings is 1. The van der Waals surface area contributed by atoms with Crippen molar-refractivity contribution in [2.75, 3.05) is 0 Å². The van der Waals surface area contributed by atoms with Gasteiger partial charge in [-0.1, -0.05) is 18.5 Å². The third-order valence-electron chi connectivity index (χ3n) is 1.84. The summed E-state index contributed by atoms with van der Waals surface area (Å²) in [6.07, 6.45) is 0.295. The third-order valence-corrected chi connectivity index (χ3v) is 3.08. The van der Waals surface area contributed by atoms with E-state index in [1.807, 2.05) is 0 Å². The van der Waals surface area contributed by atoms with Gasteiger partial charge in [-0.15, -0.1) is 11.3 Å². The maximum absolute atomic E-state index is 11.6. The van der Waals surface area contributed by atoms with Gasteiger partial charge in [-0.3, -0.25) is 9.59 Å². The molecule has 1 N–H and O–H groups in total. The molecule has 0 fully saturated rings. The fourth-order valence-electron chi connectivity index (χ4n) is 1.09. The van der Waals surface area contributed by atoms with Gasteiger partial charge in [0, 0.05) is 0 Å².